The van der Waals surface area contributed by atoms with Gasteiger partial charge in [-0.1, -0.05) is 71.6 Å². The van der Waals surface area contributed by atoms with E-state index in [1.54, 1.807) is 6.92 Å². The average molecular weight is 505 g/mol. The Morgan fingerprint density at radius 3 is 1.66 bits per heavy atom. The monoisotopic (exact) mass is 504 g/mol. The van der Waals surface area contributed by atoms with Crippen molar-refractivity contribution in [2.75, 3.05) is 0 Å². The summed E-state index contributed by atoms with van der Waals surface area (Å²) < 4.78 is 13.0. The van der Waals surface area contributed by atoms with E-state index in [4.69, 9.17) is 8.85 Å². The molecule has 0 saturated heterocycles. The summed E-state index contributed by atoms with van der Waals surface area (Å²) in [5, 5.41) is 0.174. The molecule has 0 heterocycles. The molecule has 3 nitrogen and oxygen atoms in total. The molecule has 0 aliphatic rings. The van der Waals surface area contributed by atoms with Gasteiger partial charge in [0.05, 0.1) is 11.2 Å². The minimum absolute atomic E-state index is 0.0390. The van der Waals surface area contributed by atoms with Crippen molar-refractivity contribution in [3.8, 4) is 11.8 Å². The first-order valence-corrected chi connectivity index (χ1v) is 13.9. The summed E-state index contributed by atoms with van der Waals surface area (Å²) in [6, 6.07) is 13.8. The summed E-state index contributed by atoms with van der Waals surface area (Å²) in [7, 11) is 0.725. The molecule has 0 unspecified atom stereocenters. The number of ketones is 1. The van der Waals surface area contributed by atoms with Gasteiger partial charge in [0.15, 0.2) is 5.78 Å². The zero-order chi connectivity index (χ0) is 26.7. The van der Waals surface area contributed by atoms with Gasteiger partial charge >= 0.3 is 0 Å². The van der Waals surface area contributed by atoms with E-state index in [1.807, 2.05) is 30.3 Å². The Hall–Kier alpha value is -1.98. The van der Waals surface area contributed by atoms with Gasteiger partial charge in [0.2, 0.25) is 19.5 Å². The van der Waals surface area contributed by atoms with Crippen LogP contribution in [0.2, 0.25) is 10.1 Å². The third kappa shape index (κ3) is 9.20. The highest BCUT2D eigenvalue weighted by Crippen LogP contribution is 2.38. The van der Waals surface area contributed by atoms with Crippen LogP contribution in [0, 0.1) is 11.8 Å². The molecule has 2 aromatic carbocycles. The second-order valence-electron chi connectivity index (χ2n) is 12.1. The maximum absolute atomic E-state index is 11.7. The number of Topliss-reactive ketones (excluding diaryl/α,β-unsaturated/α-hetero) is 1. The summed E-state index contributed by atoms with van der Waals surface area (Å²) in [6.45, 7) is 23.2. The van der Waals surface area contributed by atoms with Gasteiger partial charge in [0, 0.05) is 16.7 Å². The lowest BCUT2D eigenvalue weighted by Gasteiger charge is -2.37. The molecule has 0 amide bonds. The van der Waals surface area contributed by atoms with E-state index in [1.165, 1.54) is 0 Å². The van der Waals surface area contributed by atoms with Gasteiger partial charge in [-0.15, -0.1) is 0 Å². The molecular formula is C30H40O3Si2. The van der Waals surface area contributed by atoms with Crippen LogP contribution >= 0.6 is 0 Å². The maximum Gasteiger partial charge on any atom is 0.236 e. The molecular weight excluding hydrogens is 464 g/mol. The van der Waals surface area contributed by atoms with Crippen LogP contribution in [0.3, 0.4) is 0 Å². The molecule has 0 N–H and O–H groups in total. The van der Waals surface area contributed by atoms with Crippen LogP contribution in [-0.2, 0) is 20.1 Å². The fraction of sp³-hybridized carbons (Fsp3) is 0.500. The number of hydrogen-bond donors (Lipinski definition) is 0. The highest BCUT2D eigenvalue weighted by molar-refractivity contribution is 6.32. The highest BCUT2D eigenvalue weighted by Gasteiger charge is 2.34. The SMILES string of the molecule is CC(=O)c1cccc(C#Cc2ccc(C(C)(C)O[Si]C(C)(C)C)c(C(C)(C)O[Si]C(C)(C)C)c2)c1. The Morgan fingerprint density at radius 1 is 0.686 bits per heavy atom. The Bertz CT molecular complexity index is 1110. The maximum atomic E-state index is 11.7. The van der Waals surface area contributed by atoms with E-state index in [2.05, 4.69) is 93.2 Å². The number of carbonyl (C=O) groups excluding carboxylic acids is 1. The van der Waals surface area contributed by atoms with Gasteiger partial charge in [-0.2, -0.15) is 0 Å². The topological polar surface area (TPSA) is 35.5 Å². The van der Waals surface area contributed by atoms with E-state index < -0.39 is 11.2 Å². The predicted octanol–water partition coefficient (Wildman–Crippen LogP) is 7.47. The van der Waals surface area contributed by atoms with Crippen molar-refractivity contribution in [2.45, 2.75) is 97.4 Å². The van der Waals surface area contributed by atoms with Gasteiger partial charge in [-0.05, 0) is 80.1 Å². The molecule has 4 radical (unpaired) electrons. The minimum atomic E-state index is -0.515. The molecule has 0 fully saturated rings. The van der Waals surface area contributed by atoms with Crippen molar-refractivity contribution in [1.82, 2.24) is 0 Å². The van der Waals surface area contributed by atoms with Crippen LogP contribution in [0.4, 0.5) is 0 Å². The van der Waals surface area contributed by atoms with Crippen LogP contribution < -0.4 is 0 Å². The molecule has 2 rings (SSSR count). The average Bonchev–Trinajstić information content (AvgIpc) is 2.74. The quantitative estimate of drug-likeness (QED) is 0.223. The lowest BCUT2D eigenvalue weighted by Crippen LogP contribution is -2.34. The van der Waals surface area contributed by atoms with Gasteiger partial charge in [0.1, 0.15) is 0 Å². The van der Waals surface area contributed by atoms with E-state index in [-0.39, 0.29) is 15.9 Å². The standard InChI is InChI=1S/C30H40O3Si2/c1-21(31)24-14-12-13-22(19-24)15-16-23-17-18-25(29(8,9)32-34-27(2,3)4)26(20-23)30(10,11)33-35-28(5,6)7/h12-14,17-20H,1-11H3. The third-order valence-corrected chi connectivity index (χ3v) is 7.61. The van der Waals surface area contributed by atoms with Crippen LogP contribution in [0.25, 0.3) is 0 Å². The van der Waals surface area contributed by atoms with E-state index in [0.717, 1.165) is 22.3 Å². The van der Waals surface area contributed by atoms with E-state index in [9.17, 15) is 4.79 Å². The van der Waals surface area contributed by atoms with Gasteiger partial charge < -0.3 is 8.85 Å². The van der Waals surface area contributed by atoms with Gasteiger partial charge in [0.25, 0.3) is 0 Å². The number of hydrogen-bond acceptors (Lipinski definition) is 3. The first kappa shape index (κ1) is 29.3. The molecule has 0 spiro atoms. The molecule has 186 valence electrons. The first-order valence-electron chi connectivity index (χ1n) is 12.1. The second-order valence-corrected chi connectivity index (χ2v) is 15.9. The van der Waals surface area contributed by atoms with Crippen LogP contribution in [0.1, 0.15) is 109 Å². The summed E-state index contributed by atoms with van der Waals surface area (Å²) in [6.07, 6.45) is 0. The van der Waals surface area contributed by atoms with Crippen molar-refractivity contribution in [2.24, 2.45) is 0 Å². The zero-order valence-electron chi connectivity index (χ0n) is 23.3. The molecule has 35 heavy (non-hydrogen) atoms. The summed E-state index contributed by atoms with van der Waals surface area (Å²) in [4.78, 5) is 11.7. The van der Waals surface area contributed by atoms with E-state index in [0.29, 0.717) is 25.1 Å². The molecule has 2 aromatic rings. The van der Waals surface area contributed by atoms with Crippen LogP contribution in [0.5, 0.6) is 0 Å². The first-order chi connectivity index (χ1) is 15.9. The largest absolute Gasteiger partial charge is 0.408 e. The number of rotatable bonds is 7. The number of carbonyl (C=O) groups is 1. The second kappa shape index (κ2) is 11.0. The van der Waals surface area contributed by atoms with E-state index >= 15 is 0 Å². The Kier molecular flexibility index (Phi) is 9.16. The molecule has 0 aliphatic carbocycles. The fourth-order valence-corrected chi connectivity index (χ4v) is 4.62. The molecule has 5 heteroatoms. The molecule has 0 atom stereocenters. The Morgan fingerprint density at radius 2 is 1.17 bits per heavy atom. The molecule has 0 saturated carbocycles. The van der Waals surface area contributed by atoms with Crippen molar-refractivity contribution in [3.05, 3.63) is 70.3 Å². The van der Waals surface area contributed by atoms with Crippen molar-refractivity contribution < 1.29 is 13.6 Å². The minimum Gasteiger partial charge on any atom is -0.408 e. The normalized spacial score (nSPS) is 12.8. The van der Waals surface area contributed by atoms with Gasteiger partial charge in [-0.25, -0.2) is 0 Å². The molecule has 0 aliphatic heterocycles. The smallest absolute Gasteiger partial charge is 0.236 e. The molecule has 0 bridgehead atoms. The van der Waals surface area contributed by atoms with Crippen LogP contribution in [-0.4, -0.2) is 25.3 Å². The van der Waals surface area contributed by atoms with Crippen molar-refractivity contribution >= 4 is 25.3 Å². The fourth-order valence-electron chi connectivity index (χ4n) is 3.28. The van der Waals surface area contributed by atoms with Crippen LogP contribution in [0.15, 0.2) is 42.5 Å². The van der Waals surface area contributed by atoms with Crippen molar-refractivity contribution in [3.63, 3.8) is 0 Å². The highest BCUT2D eigenvalue weighted by atomic mass is 28.2. The lowest BCUT2D eigenvalue weighted by molar-refractivity contribution is 0.0829. The Labute approximate surface area is 218 Å². The third-order valence-electron chi connectivity index (χ3n) is 5.16. The van der Waals surface area contributed by atoms with Gasteiger partial charge in [-0.3, -0.25) is 4.79 Å². The molecule has 0 aromatic heterocycles. The lowest BCUT2D eigenvalue weighted by atomic mass is 9.84. The van der Waals surface area contributed by atoms with Crippen molar-refractivity contribution in [1.29, 1.82) is 0 Å². The zero-order valence-corrected chi connectivity index (χ0v) is 25.3. The summed E-state index contributed by atoms with van der Waals surface area (Å²) >= 11 is 0. The number of benzene rings is 2. The summed E-state index contributed by atoms with van der Waals surface area (Å²) in [5.41, 5.74) is 3.60. The predicted molar refractivity (Wildman–Crippen MR) is 148 cm³/mol. The Balaban J connectivity index is 2.53. The summed E-state index contributed by atoms with van der Waals surface area (Å²) in [5.74, 6) is 6.56.